The van der Waals surface area contributed by atoms with Gasteiger partial charge < -0.3 is 19.3 Å². The van der Waals surface area contributed by atoms with Crippen LogP contribution in [0.15, 0.2) is 66.7 Å². The number of aromatic nitrogens is 1. The van der Waals surface area contributed by atoms with Gasteiger partial charge in [0, 0.05) is 48.9 Å². The van der Waals surface area contributed by atoms with E-state index in [2.05, 4.69) is 0 Å². The maximum atomic E-state index is 14.5. The Bertz CT molecular complexity index is 1880. The van der Waals surface area contributed by atoms with Gasteiger partial charge in [-0.25, -0.2) is 17.7 Å². The van der Waals surface area contributed by atoms with Crippen LogP contribution in [0.5, 0.6) is 11.5 Å². The molecule has 0 N–H and O–H groups in total. The fourth-order valence-corrected chi connectivity index (χ4v) is 8.82. The van der Waals surface area contributed by atoms with E-state index in [0.29, 0.717) is 61.2 Å². The quantitative estimate of drug-likeness (QED) is 0.358. The summed E-state index contributed by atoms with van der Waals surface area (Å²) in [5, 5.41) is 0.153. The fourth-order valence-electron chi connectivity index (χ4n) is 6.77. The van der Waals surface area contributed by atoms with Crippen LogP contribution in [0.3, 0.4) is 0 Å². The number of amides is 3. The highest BCUT2D eigenvalue weighted by Gasteiger charge is 2.55. The Morgan fingerprint density at radius 3 is 2.50 bits per heavy atom. The number of nitrogens with zero attached hydrogens (tertiary/aromatic N) is 4. The summed E-state index contributed by atoms with van der Waals surface area (Å²) in [5.41, 5.74) is 2.22. The molecule has 3 fully saturated rings. The fraction of sp³-hybridized carbons (Fsp3) is 0.444. The second kappa shape index (κ2) is 12.9. The zero-order valence-electron chi connectivity index (χ0n) is 27.2. The molecule has 1 saturated heterocycles. The minimum atomic E-state index is -3.90. The van der Waals surface area contributed by atoms with Crippen LogP contribution >= 0.6 is 0 Å². The van der Waals surface area contributed by atoms with Crippen molar-refractivity contribution in [1.82, 2.24) is 19.1 Å². The molecule has 4 aliphatic rings. The van der Waals surface area contributed by atoms with Crippen LogP contribution in [-0.2, 0) is 24.4 Å². The Hall–Kier alpha value is -4.45. The maximum Gasteiger partial charge on any atom is 0.259 e. The van der Waals surface area contributed by atoms with Gasteiger partial charge >= 0.3 is 0 Å². The van der Waals surface area contributed by atoms with Gasteiger partial charge in [-0.3, -0.25) is 14.4 Å². The van der Waals surface area contributed by atoms with E-state index >= 15 is 0 Å². The predicted octanol–water partition coefficient (Wildman–Crippen LogP) is 4.17. The molecule has 4 unspecified atom stereocenters. The molecule has 3 amide bonds. The molecule has 3 aromatic rings. The van der Waals surface area contributed by atoms with Crippen molar-refractivity contribution in [2.75, 3.05) is 27.2 Å². The van der Waals surface area contributed by atoms with Crippen molar-refractivity contribution in [3.05, 3.63) is 66.7 Å². The lowest BCUT2D eigenvalue weighted by Gasteiger charge is -2.31. The molecule has 1 aromatic heterocycles. The zero-order chi connectivity index (χ0) is 33.6. The molecule has 48 heavy (non-hydrogen) atoms. The maximum absolute atomic E-state index is 14.5. The molecule has 2 saturated carbocycles. The first-order valence-corrected chi connectivity index (χ1v) is 18.1. The molecule has 0 radical (unpaired) electrons. The number of fused-ring (bicyclic) bond motifs is 3. The molecule has 2 aromatic carbocycles. The highest BCUT2D eigenvalue weighted by atomic mass is 32.2. The molecular weight excluding hydrogens is 632 g/mol. The number of methoxy groups -OCH3 is 1. The Labute approximate surface area is 280 Å². The number of hydrogen-bond donors (Lipinski definition) is 0. The molecule has 2 aliphatic carbocycles. The summed E-state index contributed by atoms with van der Waals surface area (Å²) in [4.78, 5) is 48.9. The molecule has 3 heterocycles. The van der Waals surface area contributed by atoms with Crippen molar-refractivity contribution in [3.63, 3.8) is 0 Å². The van der Waals surface area contributed by atoms with Gasteiger partial charge in [-0.2, -0.15) is 0 Å². The van der Waals surface area contributed by atoms with E-state index in [-0.39, 0.29) is 31.3 Å². The van der Waals surface area contributed by atoms with Crippen LogP contribution in [0.2, 0.25) is 0 Å². The van der Waals surface area contributed by atoms with Gasteiger partial charge in [0.15, 0.2) is 0 Å². The third-order valence-electron chi connectivity index (χ3n) is 9.70. The number of pyridine rings is 1. The van der Waals surface area contributed by atoms with Gasteiger partial charge in [0.1, 0.15) is 23.6 Å². The molecule has 2 aliphatic heterocycles. The Morgan fingerprint density at radius 1 is 0.958 bits per heavy atom. The van der Waals surface area contributed by atoms with E-state index in [1.54, 1.807) is 14.2 Å². The van der Waals surface area contributed by atoms with E-state index in [1.807, 2.05) is 66.7 Å². The number of carbonyl (C=O) groups excluding carboxylic acids is 3. The third kappa shape index (κ3) is 6.37. The summed E-state index contributed by atoms with van der Waals surface area (Å²) in [7, 11) is -0.727. The number of benzene rings is 2. The highest BCUT2D eigenvalue weighted by Crippen LogP contribution is 2.44. The average molecular weight is 673 g/mol. The largest absolute Gasteiger partial charge is 0.497 e. The molecule has 0 spiro atoms. The van der Waals surface area contributed by atoms with Crippen molar-refractivity contribution in [2.24, 2.45) is 5.92 Å². The Kier molecular flexibility index (Phi) is 8.61. The molecule has 11 nitrogen and oxygen atoms in total. The number of carbonyl (C=O) groups is 3. The smallest absolute Gasteiger partial charge is 0.259 e. The first-order chi connectivity index (χ1) is 23.1. The third-order valence-corrected chi connectivity index (χ3v) is 12.0. The number of ether oxygens (including phenoxy) is 2. The summed E-state index contributed by atoms with van der Waals surface area (Å²) < 4.78 is 40.7. The van der Waals surface area contributed by atoms with Crippen LogP contribution in [0.1, 0.15) is 44.9 Å². The normalized spacial score (nSPS) is 25.4. The highest BCUT2D eigenvalue weighted by molar-refractivity contribution is 7.90. The number of rotatable bonds is 6. The average Bonchev–Trinajstić information content (AvgIpc) is 4.02. The zero-order valence-corrected chi connectivity index (χ0v) is 28.0. The minimum Gasteiger partial charge on any atom is -0.497 e. The van der Waals surface area contributed by atoms with E-state index < -0.39 is 45.3 Å². The van der Waals surface area contributed by atoms with Gasteiger partial charge in [0.2, 0.25) is 21.8 Å². The van der Waals surface area contributed by atoms with Crippen LogP contribution in [0.4, 0.5) is 0 Å². The second-order valence-electron chi connectivity index (χ2n) is 13.2. The van der Waals surface area contributed by atoms with Crippen molar-refractivity contribution >= 4 is 38.6 Å². The standard InChI is InChI=1S/C36H40N4O7S/c1-38-22-35(42)39-21-26(47-33-20-29(23-9-5-3-6-10-23)37-30-18-25(46-2)13-16-28(30)33)19-32(39)36(43)40(48(44,45)27-14-15-27)31-17-24(31)11-7-4-8-12-34(38)41/h3,5-7,9-11,13,16,18,20,24,26-27,31-32H,4,8,12,14-15,17,19,21-22H2,1-2H3. The molecule has 4 atom stereocenters. The van der Waals surface area contributed by atoms with Gasteiger partial charge in [0.25, 0.3) is 5.91 Å². The topological polar surface area (TPSA) is 126 Å². The molecule has 7 rings (SSSR count). The van der Waals surface area contributed by atoms with Crippen LogP contribution in [0, 0.1) is 5.92 Å². The lowest BCUT2D eigenvalue weighted by Crippen LogP contribution is -2.53. The molecule has 12 heteroatoms. The summed E-state index contributed by atoms with van der Waals surface area (Å²) in [6, 6.07) is 15.5. The van der Waals surface area contributed by atoms with E-state index in [4.69, 9.17) is 14.5 Å². The minimum absolute atomic E-state index is 0.0588. The summed E-state index contributed by atoms with van der Waals surface area (Å²) in [6.45, 7) is -0.161. The Balaban J connectivity index is 1.25. The van der Waals surface area contributed by atoms with Crippen molar-refractivity contribution in [1.29, 1.82) is 0 Å². The van der Waals surface area contributed by atoms with E-state index in [1.165, 1.54) is 9.80 Å². The second-order valence-corrected chi connectivity index (χ2v) is 15.3. The number of sulfonamides is 1. The Morgan fingerprint density at radius 2 is 1.75 bits per heavy atom. The number of likely N-dealkylation sites (N-methyl/N-ethyl adjacent to an activating group) is 1. The van der Waals surface area contributed by atoms with Crippen molar-refractivity contribution in [3.8, 4) is 22.8 Å². The SMILES string of the molecule is COc1ccc2c(OC3CC4C(=O)N(S(=O)(=O)C5CC5)C5CC5C=CCCCC(=O)N(C)CC(=O)N4C3)cc(-c3ccccc3)nc2c1. The summed E-state index contributed by atoms with van der Waals surface area (Å²) in [6.07, 6.45) is 6.59. The van der Waals surface area contributed by atoms with Crippen LogP contribution in [-0.4, -0.2) is 95.9 Å². The van der Waals surface area contributed by atoms with E-state index in [0.717, 1.165) is 15.3 Å². The lowest BCUT2D eigenvalue weighted by molar-refractivity contribution is -0.144. The molecule has 252 valence electrons. The lowest BCUT2D eigenvalue weighted by atomic mass is 10.1. The molecular formula is C36H40N4O7S. The number of allylic oxidation sites excluding steroid dienone is 1. The van der Waals surface area contributed by atoms with Crippen molar-refractivity contribution in [2.45, 2.75) is 68.4 Å². The number of hydrogen-bond acceptors (Lipinski definition) is 8. The first-order valence-electron chi connectivity index (χ1n) is 16.6. The van der Waals surface area contributed by atoms with E-state index in [9.17, 15) is 22.8 Å². The van der Waals surface area contributed by atoms with Crippen LogP contribution < -0.4 is 9.47 Å². The predicted molar refractivity (Wildman–Crippen MR) is 180 cm³/mol. The monoisotopic (exact) mass is 672 g/mol. The van der Waals surface area contributed by atoms with Crippen molar-refractivity contribution < 1.29 is 32.3 Å². The molecule has 0 bridgehead atoms. The van der Waals surface area contributed by atoms with Gasteiger partial charge in [0.05, 0.1) is 42.7 Å². The first kappa shape index (κ1) is 32.1. The summed E-state index contributed by atoms with van der Waals surface area (Å²) >= 11 is 0. The van der Waals surface area contributed by atoms with Gasteiger partial charge in [-0.15, -0.1) is 0 Å². The summed E-state index contributed by atoms with van der Waals surface area (Å²) in [5.74, 6) is -0.0978. The van der Waals surface area contributed by atoms with Crippen LogP contribution in [0.25, 0.3) is 22.2 Å². The van der Waals surface area contributed by atoms with Gasteiger partial charge in [-0.1, -0.05) is 42.5 Å². The van der Waals surface area contributed by atoms with Gasteiger partial charge in [-0.05, 0) is 44.2 Å².